The molecule has 2 aromatic heterocycles. The van der Waals surface area contributed by atoms with Crippen LogP contribution in [0.3, 0.4) is 0 Å². The van der Waals surface area contributed by atoms with Gasteiger partial charge in [0.15, 0.2) is 4.34 Å². The highest BCUT2D eigenvalue weighted by Gasteiger charge is 2.10. The number of nitrogens with zero attached hydrogens (tertiary/aromatic N) is 3. The van der Waals surface area contributed by atoms with Gasteiger partial charge in [0.25, 0.3) is 5.91 Å². The van der Waals surface area contributed by atoms with Crippen molar-refractivity contribution < 1.29 is 9.53 Å². The molecule has 0 fully saturated rings. The zero-order chi connectivity index (χ0) is 22.5. The molecule has 0 aliphatic heterocycles. The number of ether oxygens (including phenoxy) is 1. The van der Waals surface area contributed by atoms with E-state index in [0.717, 1.165) is 42.9 Å². The van der Waals surface area contributed by atoms with Gasteiger partial charge in [-0.3, -0.25) is 4.79 Å². The number of aromatic nitrogens is 2. The van der Waals surface area contributed by atoms with Gasteiger partial charge in [0.2, 0.25) is 0 Å². The van der Waals surface area contributed by atoms with Crippen LogP contribution in [0.5, 0.6) is 5.75 Å². The van der Waals surface area contributed by atoms with Crippen molar-refractivity contribution in [1.29, 1.82) is 0 Å². The average molecular weight is 465 g/mol. The normalized spacial score (nSPS) is 11.3. The molecule has 4 rings (SSSR count). The first kappa shape index (κ1) is 22.1. The second-order valence-corrected chi connectivity index (χ2v) is 9.37. The van der Waals surface area contributed by atoms with Crippen LogP contribution >= 0.6 is 23.1 Å². The van der Waals surface area contributed by atoms with Gasteiger partial charge in [0.05, 0.1) is 28.8 Å². The molecule has 0 bridgehead atoms. The molecular formula is C24H24N4O2S2. The Kier molecular flexibility index (Phi) is 6.92. The number of para-hydroxylation sites is 1. The fraction of sp³-hybridized carbons (Fsp3) is 0.208. The maximum Gasteiger partial charge on any atom is 0.250 e. The van der Waals surface area contributed by atoms with E-state index in [9.17, 15) is 4.79 Å². The predicted molar refractivity (Wildman–Crippen MR) is 132 cm³/mol. The topological polar surface area (TPSA) is 68.5 Å². The van der Waals surface area contributed by atoms with Gasteiger partial charge in [-0.1, -0.05) is 23.9 Å². The number of thiazole rings is 1. The molecule has 6 nitrogen and oxygen atoms in total. The third kappa shape index (κ3) is 5.03. The van der Waals surface area contributed by atoms with E-state index in [0.29, 0.717) is 6.61 Å². The number of amides is 1. The number of fused-ring (bicyclic) bond motifs is 1. The van der Waals surface area contributed by atoms with Gasteiger partial charge < -0.3 is 9.30 Å². The number of thioether (sulfide) groups is 1. The van der Waals surface area contributed by atoms with Crippen molar-refractivity contribution in [3.8, 4) is 11.4 Å². The zero-order valence-electron chi connectivity index (χ0n) is 18.2. The van der Waals surface area contributed by atoms with Crippen LogP contribution in [0, 0.1) is 13.8 Å². The molecule has 2 heterocycles. The van der Waals surface area contributed by atoms with Crippen LogP contribution in [0.2, 0.25) is 0 Å². The van der Waals surface area contributed by atoms with Crippen molar-refractivity contribution in [1.82, 2.24) is 15.0 Å². The lowest BCUT2D eigenvalue weighted by Crippen LogP contribution is -2.19. The number of rotatable bonds is 8. The summed E-state index contributed by atoms with van der Waals surface area (Å²) in [5, 5.41) is 4.16. The number of hydrogen-bond donors (Lipinski definition) is 1. The third-order valence-electron chi connectivity index (χ3n) is 4.87. The van der Waals surface area contributed by atoms with Crippen LogP contribution in [0.1, 0.15) is 23.9 Å². The summed E-state index contributed by atoms with van der Waals surface area (Å²) in [4.78, 5) is 16.7. The Balaban J connectivity index is 1.36. The molecule has 4 aromatic rings. The average Bonchev–Trinajstić information content (AvgIpc) is 3.33. The molecule has 0 saturated heterocycles. The molecule has 0 saturated carbocycles. The molecule has 0 aliphatic rings. The molecule has 0 radical (unpaired) electrons. The highest BCUT2D eigenvalue weighted by Crippen LogP contribution is 2.29. The summed E-state index contributed by atoms with van der Waals surface area (Å²) < 4.78 is 9.68. The van der Waals surface area contributed by atoms with E-state index in [1.165, 1.54) is 11.8 Å². The minimum absolute atomic E-state index is 0.161. The summed E-state index contributed by atoms with van der Waals surface area (Å²) in [5.41, 5.74) is 7.72. The Hall–Kier alpha value is -3.10. The van der Waals surface area contributed by atoms with E-state index in [-0.39, 0.29) is 11.7 Å². The van der Waals surface area contributed by atoms with Crippen molar-refractivity contribution in [2.24, 2.45) is 5.10 Å². The van der Waals surface area contributed by atoms with E-state index in [4.69, 9.17) is 4.74 Å². The predicted octanol–water partition coefficient (Wildman–Crippen LogP) is 5.34. The number of hydrogen-bond acceptors (Lipinski definition) is 6. The first-order valence-corrected chi connectivity index (χ1v) is 12.1. The highest BCUT2D eigenvalue weighted by atomic mass is 32.2. The van der Waals surface area contributed by atoms with Gasteiger partial charge in [-0.25, -0.2) is 10.4 Å². The maximum atomic E-state index is 12.2. The number of carbonyl (C=O) groups excluding carboxylic acids is 1. The van der Waals surface area contributed by atoms with Crippen LogP contribution in [0.15, 0.2) is 64.0 Å². The van der Waals surface area contributed by atoms with Gasteiger partial charge in [-0.05, 0) is 63.2 Å². The van der Waals surface area contributed by atoms with Crippen molar-refractivity contribution in [3.63, 3.8) is 0 Å². The summed E-state index contributed by atoms with van der Waals surface area (Å²) in [7, 11) is 0. The van der Waals surface area contributed by atoms with Gasteiger partial charge in [-0.2, -0.15) is 5.10 Å². The first-order chi connectivity index (χ1) is 15.5. The van der Waals surface area contributed by atoms with Crippen LogP contribution in [-0.4, -0.2) is 34.0 Å². The Morgan fingerprint density at radius 1 is 1.22 bits per heavy atom. The van der Waals surface area contributed by atoms with Gasteiger partial charge in [0, 0.05) is 22.6 Å². The lowest BCUT2D eigenvalue weighted by atomic mass is 10.2. The number of benzene rings is 2. The van der Waals surface area contributed by atoms with Crippen molar-refractivity contribution in [2.75, 3.05) is 12.4 Å². The second-order valence-electron chi connectivity index (χ2n) is 7.12. The molecule has 8 heteroatoms. The quantitative estimate of drug-likeness (QED) is 0.217. The lowest BCUT2D eigenvalue weighted by molar-refractivity contribution is -0.118. The van der Waals surface area contributed by atoms with Crippen molar-refractivity contribution in [2.45, 2.75) is 25.1 Å². The molecule has 0 aliphatic carbocycles. The van der Waals surface area contributed by atoms with Gasteiger partial charge in [-0.15, -0.1) is 11.3 Å². The van der Waals surface area contributed by atoms with Crippen molar-refractivity contribution >= 4 is 45.4 Å². The number of aryl methyl sites for hydroxylation is 1. The third-order valence-corrected chi connectivity index (χ3v) is 7.05. The highest BCUT2D eigenvalue weighted by molar-refractivity contribution is 8.01. The maximum absolute atomic E-state index is 12.2. The molecule has 0 atom stereocenters. The first-order valence-electron chi connectivity index (χ1n) is 10.3. The summed E-state index contributed by atoms with van der Waals surface area (Å²) in [6.07, 6.45) is 1.69. The minimum atomic E-state index is -0.161. The van der Waals surface area contributed by atoms with E-state index >= 15 is 0 Å². The number of nitrogens with one attached hydrogen (secondary N) is 1. The summed E-state index contributed by atoms with van der Waals surface area (Å²) in [5.74, 6) is 0.959. The lowest BCUT2D eigenvalue weighted by Gasteiger charge is -2.10. The zero-order valence-corrected chi connectivity index (χ0v) is 19.8. The molecule has 164 valence electrons. The van der Waals surface area contributed by atoms with Gasteiger partial charge >= 0.3 is 0 Å². The SMILES string of the molecule is CCOc1ccc(-n2c(C)cc(/C=N/NC(=O)CSc3nc4ccccc4s3)c2C)cc1. The molecule has 0 unspecified atom stereocenters. The number of carbonyl (C=O) groups is 1. The Labute approximate surface area is 195 Å². The number of hydrazone groups is 1. The molecule has 2 aromatic carbocycles. The molecule has 1 N–H and O–H groups in total. The smallest absolute Gasteiger partial charge is 0.250 e. The van der Waals surface area contributed by atoms with E-state index < -0.39 is 0 Å². The van der Waals surface area contributed by atoms with E-state index in [1.54, 1.807) is 17.6 Å². The van der Waals surface area contributed by atoms with Crippen LogP contribution in [-0.2, 0) is 4.79 Å². The van der Waals surface area contributed by atoms with E-state index in [2.05, 4.69) is 26.1 Å². The molecule has 1 amide bonds. The van der Waals surface area contributed by atoms with E-state index in [1.807, 2.05) is 69.3 Å². The van der Waals surface area contributed by atoms with Gasteiger partial charge in [0.1, 0.15) is 5.75 Å². The Morgan fingerprint density at radius 3 is 2.75 bits per heavy atom. The Morgan fingerprint density at radius 2 is 2.00 bits per heavy atom. The van der Waals surface area contributed by atoms with Crippen LogP contribution in [0.25, 0.3) is 15.9 Å². The second kappa shape index (κ2) is 10.0. The minimum Gasteiger partial charge on any atom is -0.494 e. The summed E-state index contributed by atoms with van der Waals surface area (Å²) in [6.45, 7) is 6.70. The molecule has 32 heavy (non-hydrogen) atoms. The fourth-order valence-electron chi connectivity index (χ4n) is 3.42. The van der Waals surface area contributed by atoms with Crippen molar-refractivity contribution in [3.05, 3.63) is 71.5 Å². The summed E-state index contributed by atoms with van der Waals surface area (Å²) >= 11 is 3.01. The molecule has 0 spiro atoms. The Bertz CT molecular complexity index is 1230. The van der Waals surface area contributed by atoms with Crippen LogP contribution < -0.4 is 10.2 Å². The molecular weight excluding hydrogens is 440 g/mol. The summed E-state index contributed by atoms with van der Waals surface area (Å²) in [6, 6.07) is 18.0. The monoisotopic (exact) mass is 464 g/mol. The van der Waals surface area contributed by atoms with Crippen LogP contribution in [0.4, 0.5) is 0 Å². The fourth-order valence-corrected chi connectivity index (χ4v) is 5.28. The standard InChI is InChI=1S/C24H24N4O2S2/c1-4-30-20-11-9-19(10-12-20)28-16(2)13-18(17(28)3)14-25-27-23(29)15-31-24-26-21-7-5-6-8-22(21)32-24/h5-14H,4,15H2,1-3H3,(H,27,29)/b25-14+. The largest absolute Gasteiger partial charge is 0.494 e.